The van der Waals surface area contributed by atoms with Crippen LogP contribution in [0.4, 0.5) is 0 Å². The highest BCUT2D eigenvalue weighted by Gasteiger charge is 2.22. The van der Waals surface area contributed by atoms with Crippen LogP contribution in [0.5, 0.6) is 0 Å². The Morgan fingerprint density at radius 3 is 2.85 bits per heavy atom. The van der Waals surface area contributed by atoms with Crippen molar-refractivity contribution in [2.24, 2.45) is 10.7 Å². The highest BCUT2D eigenvalue weighted by atomic mass is 32.1. The van der Waals surface area contributed by atoms with Gasteiger partial charge in [0.25, 0.3) is 0 Å². The van der Waals surface area contributed by atoms with Gasteiger partial charge in [0, 0.05) is 18.0 Å². The van der Waals surface area contributed by atoms with Crippen molar-refractivity contribution in [3.63, 3.8) is 0 Å². The number of thiazole rings is 1. The number of nitrogens with zero attached hydrogens (tertiary/aromatic N) is 2. The van der Waals surface area contributed by atoms with Crippen LogP contribution >= 0.6 is 11.3 Å². The van der Waals surface area contributed by atoms with E-state index in [-0.39, 0.29) is 5.54 Å². The van der Waals surface area contributed by atoms with Gasteiger partial charge in [-0.3, -0.25) is 4.99 Å². The Morgan fingerprint density at radius 1 is 1.69 bits per heavy atom. The van der Waals surface area contributed by atoms with Crippen LogP contribution in [0.25, 0.3) is 0 Å². The summed E-state index contributed by atoms with van der Waals surface area (Å²) in [6.45, 7) is 6.04. The summed E-state index contributed by atoms with van der Waals surface area (Å²) in [5.41, 5.74) is 5.41. The molecule has 0 saturated heterocycles. The molecule has 0 unspecified atom stereocenters. The molecule has 0 aromatic carbocycles. The predicted molar refractivity (Wildman–Crippen MR) is 57.1 cm³/mol. The molecule has 3 nitrogen and oxygen atoms in total. The average molecular weight is 197 g/mol. The van der Waals surface area contributed by atoms with E-state index in [0.717, 1.165) is 11.4 Å². The van der Waals surface area contributed by atoms with Crippen LogP contribution in [0.3, 0.4) is 0 Å². The summed E-state index contributed by atoms with van der Waals surface area (Å²) in [6, 6.07) is 0. The minimum absolute atomic E-state index is 0.283. The smallest absolute Gasteiger partial charge is 0.120 e. The molecule has 1 heterocycles. The van der Waals surface area contributed by atoms with Crippen molar-refractivity contribution in [1.29, 1.82) is 0 Å². The number of nitrogens with two attached hydrogens (primary N) is 1. The van der Waals surface area contributed by atoms with Gasteiger partial charge in [0.1, 0.15) is 10.5 Å². The number of aromatic nitrogens is 1. The summed E-state index contributed by atoms with van der Waals surface area (Å²) in [6.07, 6.45) is 2.58. The number of hydrogen-bond acceptors (Lipinski definition) is 3. The van der Waals surface area contributed by atoms with Crippen LogP contribution in [0.2, 0.25) is 0 Å². The molecule has 0 aliphatic rings. The third kappa shape index (κ3) is 2.52. The standard InChI is InChI=1S/C9H15N3S/c1-4-7(10)12-9(2,3)8-11-5-6-13-8/h5-6H,4H2,1-3H3,(H2,10,12). The van der Waals surface area contributed by atoms with Crippen LogP contribution in [-0.2, 0) is 5.54 Å². The molecule has 4 heteroatoms. The second-order valence-electron chi connectivity index (χ2n) is 3.35. The molecule has 0 atom stereocenters. The van der Waals surface area contributed by atoms with Gasteiger partial charge in [-0.15, -0.1) is 11.3 Å². The van der Waals surface area contributed by atoms with Crippen molar-refractivity contribution < 1.29 is 0 Å². The van der Waals surface area contributed by atoms with Gasteiger partial charge in [-0.1, -0.05) is 6.92 Å². The van der Waals surface area contributed by atoms with E-state index in [9.17, 15) is 0 Å². The second-order valence-corrected chi connectivity index (χ2v) is 4.25. The van der Waals surface area contributed by atoms with E-state index in [0.29, 0.717) is 5.84 Å². The lowest BCUT2D eigenvalue weighted by atomic mass is 10.1. The van der Waals surface area contributed by atoms with Crippen LogP contribution in [-0.4, -0.2) is 10.8 Å². The minimum Gasteiger partial charge on any atom is -0.387 e. The topological polar surface area (TPSA) is 51.3 Å². The summed E-state index contributed by atoms with van der Waals surface area (Å²) in [5, 5.41) is 2.96. The maximum atomic E-state index is 5.69. The zero-order valence-electron chi connectivity index (χ0n) is 8.24. The fourth-order valence-electron chi connectivity index (χ4n) is 1.01. The quantitative estimate of drug-likeness (QED) is 0.596. The maximum Gasteiger partial charge on any atom is 0.120 e. The summed E-state index contributed by atoms with van der Waals surface area (Å²) in [4.78, 5) is 8.64. The Balaban J connectivity index is 2.90. The molecule has 72 valence electrons. The Kier molecular flexibility index (Phi) is 3.03. The molecular formula is C9H15N3S. The lowest BCUT2D eigenvalue weighted by Crippen LogP contribution is -2.20. The first-order chi connectivity index (χ1) is 6.06. The molecule has 2 N–H and O–H groups in total. The van der Waals surface area contributed by atoms with Gasteiger partial charge in [-0.25, -0.2) is 4.98 Å². The Labute approximate surface area is 82.7 Å². The molecule has 0 fully saturated rings. The zero-order chi connectivity index (χ0) is 9.90. The number of amidine groups is 1. The molecule has 0 amide bonds. The van der Waals surface area contributed by atoms with Crippen LogP contribution in [0.1, 0.15) is 32.2 Å². The number of aliphatic imine (C=N–C) groups is 1. The highest BCUT2D eigenvalue weighted by molar-refractivity contribution is 7.09. The Hall–Kier alpha value is -0.900. The molecule has 0 saturated carbocycles. The van der Waals surface area contributed by atoms with Crippen molar-refractivity contribution in [3.05, 3.63) is 16.6 Å². The summed E-state index contributed by atoms with van der Waals surface area (Å²) < 4.78 is 0. The van der Waals surface area contributed by atoms with Gasteiger partial charge in [0.2, 0.25) is 0 Å². The van der Waals surface area contributed by atoms with Gasteiger partial charge in [0.15, 0.2) is 0 Å². The Bertz CT molecular complexity index is 288. The van der Waals surface area contributed by atoms with Crippen LogP contribution < -0.4 is 5.73 Å². The zero-order valence-corrected chi connectivity index (χ0v) is 9.06. The van der Waals surface area contributed by atoms with Gasteiger partial charge in [0.05, 0.1) is 5.84 Å². The molecule has 1 aromatic heterocycles. The predicted octanol–water partition coefficient (Wildman–Crippen LogP) is 2.15. The number of rotatable bonds is 3. The normalized spacial score (nSPS) is 13.3. The fraction of sp³-hybridized carbons (Fsp3) is 0.556. The van der Waals surface area contributed by atoms with E-state index in [4.69, 9.17) is 5.73 Å². The van der Waals surface area contributed by atoms with E-state index in [1.807, 2.05) is 26.2 Å². The van der Waals surface area contributed by atoms with E-state index < -0.39 is 0 Å². The SMILES string of the molecule is CCC(N)=NC(C)(C)c1nccs1. The summed E-state index contributed by atoms with van der Waals surface area (Å²) in [7, 11) is 0. The third-order valence-corrected chi connectivity index (χ3v) is 2.83. The van der Waals surface area contributed by atoms with E-state index in [1.165, 1.54) is 0 Å². The molecule has 1 rings (SSSR count). The lowest BCUT2D eigenvalue weighted by molar-refractivity contribution is 0.552. The molecule has 0 radical (unpaired) electrons. The molecule has 0 bridgehead atoms. The summed E-state index contributed by atoms with van der Waals surface area (Å²) >= 11 is 1.61. The molecule has 0 aliphatic carbocycles. The fourth-order valence-corrected chi connectivity index (χ4v) is 1.72. The van der Waals surface area contributed by atoms with Gasteiger partial charge in [-0.2, -0.15) is 0 Å². The Morgan fingerprint density at radius 2 is 2.38 bits per heavy atom. The van der Waals surface area contributed by atoms with Crippen molar-refractivity contribution >= 4 is 17.2 Å². The first-order valence-electron chi connectivity index (χ1n) is 4.30. The maximum absolute atomic E-state index is 5.69. The number of hydrogen-bond donors (Lipinski definition) is 1. The van der Waals surface area contributed by atoms with E-state index in [1.54, 1.807) is 17.5 Å². The van der Waals surface area contributed by atoms with Gasteiger partial charge in [-0.05, 0) is 13.8 Å². The largest absolute Gasteiger partial charge is 0.387 e. The first-order valence-corrected chi connectivity index (χ1v) is 5.18. The highest BCUT2D eigenvalue weighted by Crippen LogP contribution is 2.26. The molecule has 0 spiro atoms. The van der Waals surface area contributed by atoms with Crippen LogP contribution in [0.15, 0.2) is 16.6 Å². The third-order valence-electron chi connectivity index (χ3n) is 1.74. The van der Waals surface area contributed by atoms with E-state index in [2.05, 4.69) is 9.98 Å². The molecule has 1 aromatic rings. The second kappa shape index (κ2) is 3.87. The monoisotopic (exact) mass is 197 g/mol. The first kappa shape index (κ1) is 10.2. The van der Waals surface area contributed by atoms with Crippen LogP contribution in [0, 0.1) is 0 Å². The average Bonchev–Trinajstić information content (AvgIpc) is 2.55. The van der Waals surface area contributed by atoms with Crippen molar-refractivity contribution in [2.75, 3.05) is 0 Å². The van der Waals surface area contributed by atoms with Crippen molar-refractivity contribution in [2.45, 2.75) is 32.7 Å². The van der Waals surface area contributed by atoms with Gasteiger partial charge < -0.3 is 5.73 Å². The van der Waals surface area contributed by atoms with Crippen molar-refractivity contribution in [3.8, 4) is 0 Å². The summed E-state index contributed by atoms with van der Waals surface area (Å²) in [5.74, 6) is 0.681. The molecule has 0 aliphatic heterocycles. The van der Waals surface area contributed by atoms with Gasteiger partial charge >= 0.3 is 0 Å². The molecule has 13 heavy (non-hydrogen) atoms. The van der Waals surface area contributed by atoms with Crippen molar-refractivity contribution in [1.82, 2.24) is 4.98 Å². The lowest BCUT2D eigenvalue weighted by Gasteiger charge is -2.17. The molecular weight excluding hydrogens is 182 g/mol. The van der Waals surface area contributed by atoms with E-state index >= 15 is 0 Å². The minimum atomic E-state index is -0.283.